The van der Waals surface area contributed by atoms with Gasteiger partial charge in [0.2, 0.25) is 0 Å². The summed E-state index contributed by atoms with van der Waals surface area (Å²) in [6.45, 7) is 2.04. The molecule has 1 saturated carbocycles. The predicted octanol–water partition coefficient (Wildman–Crippen LogP) is 2.15. The van der Waals surface area contributed by atoms with Crippen molar-refractivity contribution in [1.82, 2.24) is 15.1 Å². The lowest BCUT2D eigenvalue weighted by Gasteiger charge is -2.20. The first-order valence-corrected chi connectivity index (χ1v) is 6.59. The van der Waals surface area contributed by atoms with Gasteiger partial charge in [0.1, 0.15) is 0 Å². The van der Waals surface area contributed by atoms with Gasteiger partial charge in [-0.3, -0.25) is 4.68 Å². The molecule has 1 aromatic heterocycles. The standard InChI is InChI=1S/C13H21N3/c1-16-13-9-14-8-11(13)12(15-16)7-10-5-3-2-4-6-10/h10,14H,2-9H2,1H3. The highest BCUT2D eigenvalue weighted by atomic mass is 15.3. The lowest BCUT2D eigenvalue weighted by atomic mass is 9.85. The molecule has 1 aliphatic carbocycles. The summed E-state index contributed by atoms with van der Waals surface area (Å²) in [5.41, 5.74) is 4.27. The van der Waals surface area contributed by atoms with Crippen molar-refractivity contribution < 1.29 is 0 Å². The summed E-state index contributed by atoms with van der Waals surface area (Å²) in [4.78, 5) is 0. The normalized spacial score (nSPS) is 21.3. The average Bonchev–Trinajstić information content (AvgIpc) is 2.87. The Hall–Kier alpha value is -0.830. The van der Waals surface area contributed by atoms with Gasteiger partial charge in [-0.05, 0) is 12.3 Å². The van der Waals surface area contributed by atoms with Gasteiger partial charge in [-0.2, -0.15) is 5.10 Å². The van der Waals surface area contributed by atoms with Crippen LogP contribution < -0.4 is 5.32 Å². The molecule has 1 fully saturated rings. The number of aromatic nitrogens is 2. The van der Waals surface area contributed by atoms with Crippen LogP contribution in [0.15, 0.2) is 0 Å². The monoisotopic (exact) mass is 219 g/mol. The molecule has 0 amide bonds. The average molecular weight is 219 g/mol. The number of aryl methyl sites for hydroxylation is 1. The molecule has 88 valence electrons. The molecule has 2 aliphatic rings. The van der Waals surface area contributed by atoms with E-state index in [1.807, 2.05) is 0 Å². The number of nitrogens with one attached hydrogen (secondary N) is 1. The number of fused-ring (bicyclic) bond motifs is 1. The van der Waals surface area contributed by atoms with Gasteiger partial charge in [-0.25, -0.2) is 0 Å². The Morgan fingerprint density at radius 1 is 1.25 bits per heavy atom. The Labute approximate surface area is 97.2 Å². The van der Waals surface area contributed by atoms with Crippen LogP contribution in [-0.2, 0) is 26.6 Å². The molecule has 0 bridgehead atoms. The molecule has 0 spiro atoms. The van der Waals surface area contributed by atoms with E-state index in [9.17, 15) is 0 Å². The van der Waals surface area contributed by atoms with E-state index >= 15 is 0 Å². The molecule has 3 rings (SSSR count). The summed E-state index contributed by atoms with van der Waals surface area (Å²) < 4.78 is 2.08. The quantitative estimate of drug-likeness (QED) is 0.826. The number of nitrogens with zero attached hydrogens (tertiary/aromatic N) is 2. The molecule has 0 radical (unpaired) electrons. The summed E-state index contributed by atoms with van der Waals surface area (Å²) in [5, 5.41) is 8.13. The fourth-order valence-corrected chi connectivity index (χ4v) is 3.22. The van der Waals surface area contributed by atoms with Crippen molar-refractivity contribution >= 4 is 0 Å². The zero-order valence-electron chi connectivity index (χ0n) is 10.1. The molecule has 0 unspecified atom stereocenters. The summed E-state index contributed by atoms with van der Waals surface area (Å²) in [5.74, 6) is 0.897. The maximum atomic E-state index is 4.70. The third-order valence-electron chi connectivity index (χ3n) is 4.16. The molecular formula is C13H21N3. The van der Waals surface area contributed by atoms with Crippen molar-refractivity contribution in [1.29, 1.82) is 0 Å². The Balaban J connectivity index is 1.76. The molecule has 2 heterocycles. The third kappa shape index (κ3) is 1.77. The highest BCUT2D eigenvalue weighted by Gasteiger charge is 2.23. The first-order chi connectivity index (χ1) is 7.84. The second-order valence-corrected chi connectivity index (χ2v) is 5.31. The second kappa shape index (κ2) is 4.21. The van der Waals surface area contributed by atoms with Crippen LogP contribution in [0.1, 0.15) is 49.1 Å². The van der Waals surface area contributed by atoms with Gasteiger partial charge < -0.3 is 5.32 Å². The van der Waals surface area contributed by atoms with Gasteiger partial charge in [-0.15, -0.1) is 0 Å². The van der Waals surface area contributed by atoms with Crippen molar-refractivity contribution in [2.75, 3.05) is 0 Å². The molecule has 3 heteroatoms. The molecule has 1 aliphatic heterocycles. The highest BCUT2D eigenvalue weighted by Crippen LogP contribution is 2.29. The molecule has 0 saturated heterocycles. The molecule has 1 N–H and O–H groups in total. The van der Waals surface area contributed by atoms with Crippen LogP contribution in [0.4, 0.5) is 0 Å². The smallest absolute Gasteiger partial charge is 0.0675 e. The lowest BCUT2D eigenvalue weighted by Crippen LogP contribution is -2.12. The van der Waals surface area contributed by atoms with Crippen LogP contribution in [0, 0.1) is 5.92 Å². The highest BCUT2D eigenvalue weighted by molar-refractivity contribution is 5.29. The van der Waals surface area contributed by atoms with Crippen LogP contribution in [0.2, 0.25) is 0 Å². The van der Waals surface area contributed by atoms with Crippen molar-refractivity contribution in [3.05, 3.63) is 17.0 Å². The van der Waals surface area contributed by atoms with Crippen LogP contribution in [0.25, 0.3) is 0 Å². The molecular weight excluding hydrogens is 198 g/mol. The molecule has 0 atom stereocenters. The van der Waals surface area contributed by atoms with Gasteiger partial charge in [0.25, 0.3) is 0 Å². The van der Waals surface area contributed by atoms with E-state index in [0.717, 1.165) is 19.0 Å². The van der Waals surface area contributed by atoms with Crippen LogP contribution in [0.5, 0.6) is 0 Å². The van der Waals surface area contributed by atoms with Gasteiger partial charge >= 0.3 is 0 Å². The predicted molar refractivity (Wildman–Crippen MR) is 64.0 cm³/mol. The van der Waals surface area contributed by atoms with Crippen molar-refractivity contribution in [2.24, 2.45) is 13.0 Å². The van der Waals surface area contributed by atoms with Gasteiger partial charge in [0, 0.05) is 25.7 Å². The minimum Gasteiger partial charge on any atom is -0.307 e. The van der Waals surface area contributed by atoms with E-state index in [4.69, 9.17) is 5.10 Å². The molecule has 0 aromatic carbocycles. The zero-order chi connectivity index (χ0) is 11.0. The summed E-state index contributed by atoms with van der Waals surface area (Å²) >= 11 is 0. The lowest BCUT2D eigenvalue weighted by molar-refractivity contribution is 0.352. The first-order valence-electron chi connectivity index (χ1n) is 6.59. The number of hydrogen-bond donors (Lipinski definition) is 1. The van der Waals surface area contributed by atoms with E-state index in [1.54, 1.807) is 0 Å². The fourth-order valence-electron chi connectivity index (χ4n) is 3.22. The summed E-state index contributed by atoms with van der Waals surface area (Å²) in [6.07, 6.45) is 8.34. The van der Waals surface area contributed by atoms with E-state index in [-0.39, 0.29) is 0 Å². The van der Waals surface area contributed by atoms with Crippen molar-refractivity contribution in [3.63, 3.8) is 0 Å². The zero-order valence-corrected chi connectivity index (χ0v) is 10.1. The SMILES string of the molecule is Cn1nc(CC2CCCCC2)c2c1CNC2. The minimum atomic E-state index is 0.897. The fraction of sp³-hybridized carbons (Fsp3) is 0.769. The Bertz CT molecular complexity index is 375. The van der Waals surface area contributed by atoms with Gasteiger partial charge in [0.05, 0.1) is 11.4 Å². The molecule has 3 nitrogen and oxygen atoms in total. The second-order valence-electron chi connectivity index (χ2n) is 5.31. The maximum absolute atomic E-state index is 4.70. The first kappa shape index (κ1) is 10.3. The van der Waals surface area contributed by atoms with Crippen molar-refractivity contribution in [2.45, 2.75) is 51.6 Å². The van der Waals surface area contributed by atoms with Crippen LogP contribution in [-0.4, -0.2) is 9.78 Å². The Morgan fingerprint density at radius 2 is 2.06 bits per heavy atom. The largest absolute Gasteiger partial charge is 0.307 e. The van der Waals surface area contributed by atoms with Gasteiger partial charge in [-0.1, -0.05) is 32.1 Å². The Kier molecular flexibility index (Phi) is 2.72. The van der Waals surface area contributed by atoms with Crippen molar-refractivity contribution in [3.8, 4) is 0 Å². The number of hydrogen-bond acceptors (Lipinski definition) is 2. The maximum Gasteiger partial charge on any atom is 0.0675 e. The minimum absolute atomic E-state index is 0.897. The van der Waals surface area contributed by atoms with Gasteiger partial charge in [0.15, 0.2) is 0 Å². The van der Waals surface area contributed by atoms with E-state index < -0.39 is 0 Å². The molecule has 1 aromatic rings. The molecule has 16 heavy (non-hydrogen) atoms. The summed E-state index contributed by atoms with van der Waals surface area (Å²) in [7, 11) is 2.08. The summed E-state index contributed by atoms with van der Waals surface area (Å²) in [6, 6.07) is 0. The van der Waals surface area contributed by atoms with E-state index in [0.29, 0.717) is 0 Å². The topological polar surface area (TPSA) is 29.9 Å². The van der Waals surface area contributed by atoms with Crippen LogP contribution in [0.3, 0.4) is 0 Å². The van der Waals surface area contributed by atoms with E-state index in [1.165, 1.54) is 55.5 Å². The Morgan fingerprint density at radius 3 is 2.88 bits per heavy atom. The van der Waals surface area contributed by atoms with E-state index in [2.05, 4.69) is 17.0 Å². The van der Waals surface area contributed by atoms with Crippen LogP contribution >= 0.6 is 0 Å². The number of rotatable bonds is 2. The third-order valence-corrected chi connectivity index (χ3v) is 4.16.